The summed E-state index contributed by atoms with van der Waals surface area (Å²) in [5, 5.41) is 12.9. The lowest BCUT2D eigenvalue weighted by Gasteiger charge is -2.31. The van der Waals surface area contributed by atoms with Gasteiger partial charge in [0.2, 0.25) is 0 Å². The third-order valence-corrected chi connectivity index (χ3v) is 3.80. The summed E-state index contributed by atoms with van der Waals surface area (Å²) in [7, 11) is 0. The van der Waals surface area contributed by atoms with Gasteiger partial charge in [0.05, 0.1) is 12.7 Å². The van der Waals surface area contributed by atoms with Crippen molar-refractivity contribution in [1.82, 2.24) is 5.32 Å². The van der Waals surface area contributed by atoms with Crippen molar-refractivity contribution in [3.63, 3.8) is 0 Å². The van der Waals surface area contributed by atoms with Crippen molar-refractivity contribution < 1.29 is 33.6 Å². The molecule has 0 aromatic rings. The first-order chi connectivity index (χ1) is 12.1. The van der Waals surface area contributed by atoms with Crippen molar-refractivity contribution in [2.45, 2.75) is 83.8 Å². The number of aliphatic hydroxyl groups is 1. The minimum absolute atomic E-state index is 0.0391. The molecule has 0 radical (unpaired) electrons. The first-order valence-corrected chi connectivity index (χ1v) is 9.21. The molecule has 0 bridgehead atoms. The minimum Gasteiger partial charge on any atom is -0.458 e. The smallest absolute Gasteiger partial charge is 0.408 e. The molecule has 0 aromatic heterocycles. The second-order valence-electron chi connectivity index (χ2n) is 7.46. The fourth-order valence-corrected chi connectivity index (χ4v) is 2.39. The molecule has 1 rings (SSSR count). The van der Waals surface area contributed by atoms with Crippen molar-refractivity contribution >= 4 is 12.1 Å². The summed E-state index contributed by atoms with van der Waals surface area (Å²) < 4.78 is 21.6. The summed E-state index contributed by atoms with van der Waals surface area (Å²) in [6.07, 6.45) is -0.600. The second-order valence-corrected chi connectivity index (χ2v) is 7.46. The molecular formula is C18H33NO7. The largest absolute Gasteiger partial charge is 0.458 e. The standard InChI is InChI=1S/C18H33NO7/c1-6-7-9-24-14-8-10-23-11-13(16(21)25-12(2)15(14)20)19-17(22)26-18(3,4)5/h12-15,20H,6-11H2,1-5H3,(H,19,22)/t12-,13-,14-,15-/m0/s1. The zero-order valence-corrected chi connectivity index (χ0v) is 16.4. The summed E-state index contributed by atoms with van der Waals surface area (Å²) in [5.41, 5.74) is -0.683. The molecule has 152 valence electrons. The SMILES string of the molecule is CCCCO[C@H]1CCOC[C@H](NC(=O)OC(C)(C)C)C(=O)O[C@@H](C)[C@@H]1O. The second kappa shape index (κ2) is 10.7. The number of amides is 1. The minimum atomic E-state index is -1.00. The monoisotopic (exact) mass is 375 g/mol. The molecule has 0 saturated carbocycles. The van der Waals surface area contributed by atoms with E-state index in [1.54, 1.807) is 27.7 Å². The molecule has 1 heterocycles. The van der Waals surface area contributed by atoms with E-state index in [9.17, 15) is 14.7 Å². The molecule has 1 amide bonds. The van der Waals surface area contributed by atoms with Crippen LogP contribution in [0.25, 0.3) is 0 Å². The Bertz CT molecular complexity index is 449. The predicted molar refractivity (Wildman–Crippen MR) is 94.8 cm³/mol. The molecule has 1 saturated heterocycles. The van der Waals surface area contributed by atoms with Crippen molar-refractivity contribution in [1.29, 1.82) is 0 Å². The Kier molecular flexibility index (Phi) is 9.32. The van der Waals surface area contributed by atoms with E-state index in [1.807, 2.05) is 0 Å². The first-order valence-electron chi connectivity index (χ1n) is 9.21. The lowest BCUT2D eigenvalue weighted by molar-refractivity contribution is -0.168. The van der Waals surface area contributed by atoms with Crippen LogP contribution in [0.15, 0.2) is 0 Å². The molecule has 8 nitrogen and oxygen atoms in total. The Hall–Kier alpha value is -1.38. The normalized spacial score (nSPS) is 28.2. The molecule has 0 unspecified atom stereocenters. The highest BCUT2D eigenvalue weighted by molar-refractivity contribution is 5.81. The molecule has 0 aromatic carbocycles. The molecule has 1 aliphatic heterocycles. The maximum absolute atomic E-state index is 12.3. The molecule has 2 N–H and O–H groups in total. The Morgan fingerprint density at radius 1 is 1.38 bits per heavy atom. The first kappa shape index (κ1) is 22.7. The van der Waals surface area contributed by atoms with Crippen LogP contribution in [-0.4, -0.2) is 66.9 Å². The average molecular weight is 375 g/mol. The Balaban J connectivity index is 2.67. The zero-order chi connectivity index (χ0) is 19.7. The van der Waals surface area contributed by atoms with Gasteiger partial charge in [-0.3, -0.25) is 0 Å². The number of nitrogens with one attached hydrogen (secondary N) is 1. The topological polar surface area (TPSA) is 103 Å². The van der Waals surface area contributed by atoms with Crippen LogP contribution < -0.4 is 5.32 Å². The van der Waals surface area contributed by atoms with Crippen molar-refractivity contribution in [2.75, 3.05) is 19.8 Å². The maximum Gasteiger partial charge on any atom is 0.408 e. The zero-order valence-electron chi connectivity index (χ0n) is 16.4. The number of alkyl carbamates (subject to hydrolysis) is 1. The van der Waals surface area contributed by atoms with Crippen LogP contribution >= 0.6 is 0 Å². The van der Waals surface area contributed by atoms with Crippen LogP contribution in [0.2, 0.25) is 0 Å². The van der Waals surface area contributed by atoms with Gasteiger partial charge in [0.1, 0.15) is 17.8 Å². The highest BCUT2D eigenvalue weighted by Crippen LogP contribution is 2.15. The molecule has 4 atom stereocenters. The Labute approximate surface area is 155 Å². The van der Waals surface area contributed by atoms with Crippen LogP contribution in [0, 0.1) is 0 Å². The molecular weight excluding hydrogens is 342 g/mol. The van der Waals surface area contributed by atoms with Gasteiger partial charge in [-0.15, -0.1) is 0 Å². The number of hydrogen-bond acceptors (Lipinski definition) is 7. The predicted octanol–water partition coefficient (Wildman–Crippen LogP) is 1.78. The fraction of sp³-hybridized carbons (Fsp3) is 0.889. The highest BCUT2D eigenvalue weighted by Gasteiger charge is 2.33. The van der Waals surface area contributed by atoms with E-state index < -0.39 is 42.0 Å². The molecule has 1 aliphatic rings. The van der Waals surface area contributed by atoms with Gasteiger partial charge in [0.25, 0.3) is 0 Å². The van der Waals surface area contributed by atoms with Crippen molar-refractivity contribution in [3.05, 3.63) is 0 Å². The highest BCUT2D eigenvalue weighted by atomic mass is 16.6. The van der Waals surface area contributed by atoms with Crippen molar-refractivity contribution in [2.24, 2.45) is 0 Å². The number of unbranched alkanes of at least 4 members (excludes halogenated alkanes) is 1. The van der Waals surface area contributed by atoms with Gasteiger partial charge in [-0.25, -0.2) is 9.59 Å². The number of aliphatic hydroxyl groups excluding tert-OH is 1. The van der Waals surface area contributed by atoms with E-state index in [0.717, 1.165) is 12.8 Å². The van der Waals surface area contributed by atoms with Crippen molar-refractivity contribution in [3.8, 4) is 0 Å². The maximum atomic E-state index is 12.3. The number of rotatable bonds is 5. The summed E-state index contributed by atoms with van der Waals surface area (Å²) in [6.45, 7) is 9.62. The molecule has 26 heavy (non-hydrogen) atoms. The third kappa shape index (κ3) is 8.33. The number of cyclic esters (lactones) is 1. The van der Waals surface area contributed by atoms with Gasteiger partial charge >= 0.3 is 12.1 Å². The number of carbonyl (C=O) groups is 2. The van der Waals surface area contributed by atoms with Gasteiger partial charge in [0, 0.05) is 13.2 Å². The average Bonchev–Trinajstić information content (AvgIpc) is 2.52. The van der Waals surface area contributed by atoms with Gasteiger partial charge in [-0.2, -0.15) is 0 Å². The lowest BCUT2D eigenvalue weighted by Crippen LogP contribution is -2.50. The fourth-order valence-electron chi connectivity index (χ4n) is 2.39. The van der Waals surface area contributed by atoms with Crippen LogP contribution in [0.5, 0.6) is 0 Å². The van der Waals surface area contributed by atoms with E-state index in [2.05, 4.69) is 12.2 Å². The van der Waals surface area contributed by atoms with E-state index in [4.69, 9.17) is 18.9 Å². The Morgan fingerprint density at radius 3 is 2.69 bits per heavy atom. The molecule has 1 fully saturated rings. The van der Waals surface area contributed by atoms with Crippen LogP contribution in [0.1, 0.15) is 53.9 Å². The van der Waals surface area contributed by atoms with E-state index in [1.165, 1.54) is 0 Å². The van der Waals surface area contributed by atoms with Gasteiger partial charge < -0.3 is 29.4 Å². The summed E-state index contributed by atoms with van der Waals surface area (Å²) in [4.78, 5) is 24.2. The summed E-state index contributed by atoms with van der Waals surface area (Å²) >= 11 is 0. The van der Waals surface area contributed by atoms with Gasteiger partial charge in [0.15, 0.2) is 6.04 Å². The van der Waals surface area contributed by atoms with Gasteiger partial charge in [-0.1, -0.05) is 13.3 Å². The summed E-state index contributed by atoms with van der Waals surface area (Å²) in [6, 6.07) is -1.00. The lowest BCUT2D eigenvalue weighted by atomic mass is 10.1. The van der Waals surface area contributed by atoms with Gasteiger partial charge in [-0.05, 0) is 40.5 Å². The molecule has 0 aliphatic carbocycles. The number of hydrogen-bond donors (Lipinski definition) is 2. The Morgan fingerprint density at radius 2 is 2.08 bits per heavy atom. The number of esters is 1. The third-order valence-electron chi connectivity index (χ3n) is 3.80. The van der Waals surface area contributed by atoms with E-state index >= 15 is 0 Å². The van der Waals surface area contributed by atoms with Crippen LogP contribution in [-0.2, 0) is 23.7 Å². The van der Waals surface area contributed by atoms with E-state index in [0.29, 0.717) is 19.6 Å². The summed E-state index contributed by atoms with van der Waals surface area (Å²) in [5.74, 6) is -0.684. The van der Waals surface area contributed by atoms with E-state index in [-0.39, 0.29) is 6.61 Å². The number of carbonyl (C=O) groups excluding carboxylic acids is 2. The molecule has 8 heteroatoms. The van der Waals surface area contributed by atoms with Crippen LogP contribution in [0.3, 0.4) is 0 Å². The molecule has 0 spiro atoms. The van der Waals surface area contributed by atoms with Crippen LogP contribution in [0.4, 0.5) is 4.79 Å². The number of ether oxygens (including phenoxy) is 4. The quantitative estimate of drug-likeness (QED) is 0.557.